The Labute approximate surface area is 214 Å². The van der Waals surface area contributed by atoms with Crippen LogP contribution in [0.25, 0.3) is 11.2 Å². The standard InChI is InChI=1S/C22H44N6O3Si4/c1-32(2,3)26-19-16-20(24-14-23-19)27-21-17(28(22(27)25-16)33(4,5)6)18(31-35(10,11)12)15(30-21)13-29-34(7,8)9/h14-15,17-18,21H,13H2,1-12H3,(H,23,24,26). The molecule has 0 aromatic carbocycles. The number of imidazole rings is 1. The maximum atomic E-state index is 6.87. The topological polar surface area (TPSA) is 86.6 Å². The van der Waals surface area contributed by atoms with Crippen molar-refractivity contribution in [2.24, 2.45) is 0 Å². The van der Waals surface area contributed by atoms with Gasteiger partial charge in [0.25, 0.3) is 0 Å². The third-order valence-electron chi connectivity index (χ3n) is 5.92. The molecule has 4 atom stereocenters. The number of hydrogen-bond acceptors (Lipinski definition) is 8. The van der Waals surface area contributed by atoms with Crippen molar-refractivity contribution < 1.29 is 13.6 Å². The summed E-state index contributed by atoms with van der Waals surface area (Å²) in [4.78, 5) is 18.1. The monoisotopic (exact) mass is 552 g/mol. The molecule has 4 heterocycles. The van der Waals surface area contributed by atoms with E-state index in [0.29, 0.717) is 6.61 Å². The predicted molar refractivity (Wildman–Crippen MR) is 153 cm³/mol. The molecular formula is C22H44N6O3Si4. The molecule has 0 bridgehead atoms. The van der Waals surface area contributed by atoms with Crippen molar-refractivity contribution in [3.8, 4) is 0 Å². The second-order valence-corrected chi connectivity index (χ2v) is 32.3. The highest BCUT2D eigenvalue weighted by Crippen LogP contribution is 2.49. The lowest BCUT2D eigenvalue weighted by atomic mass is 10.1. The number of aromatic nitrogens is 4. The van der Waals surface area contributed by atoms with Crippen molar-refractivity contribution in [3.63, 3.8) is 0 Å². The van der Waals surface area contributed by atoms with Crippen molar-refractivity contribution in [3.05, 3.63) is 6.33 Å². The molecule has 196 valence electrons. The molecule has 13 heteroatoms. The third kappa shape index (κ3) is 5.60. The Hall–Kier alpha value is -1.10. The van der Waals surface area contributed by atoms with E-state index >= 15 is 0 Å². The van der Waals surface area contributed by atoms with Crippen LogP contribution in [0.1, 0.15) is 6.23 Å². The van der Waals surface area contributed by atoms with Crippen LogP contribution in [0.2, 0.25) is 78.6 Å². The average Bonchev–Trinajstić information content (AvgIpc) is 3.25. The van der Waals surface area contributed by atoms with Gasteiger partial charge in [-0.1, -0.05) is 39.3 Å². The molecule has 35 heavy (non-hydrogen) atoms. The molecule has 0 radical (unpaired) electrons. The first kappa shape index (κ1) is 26.9. The van der Waals surface area contributed by atoms with Gasteiger partial charge in [0.2, 0.25) is 5.95 Å². The number of nitrogens with one attached hydrogen (secondary N) is 1. The molecule has 1 saturated heterocycles. The molecular weight excluding hydrogens is 509 g/mol. The van der Waals surface area contributed by atoms with Gasteiger partial charge in [0.15, 0.2) is 42.3 Å². The van der Waals surface area contributed by atoms with Gasteiger partial charge in [-0.3, -0.25) is 4.57 Å². The maximum absolute atomic E-state index is 6.87. The molecule has 2 aromatic rings. The molecule has 2 aliphatic heterocycles. The van der Waals surface area contributed by atoms with Crippen LogP contribution in [0.4, 0.5) is 11.8 Å². The summed E-state index contributed by atoms with van der Waals surface area (Å²) in [7, 11) is -7.07. The molecule has 0 spiro atoms. The van der Waals surface area contributed by atoms with Crippen LogP contribution < -0.4 is 9.55 Å². The van der Waals surface area contributed by atoms with Gasteiger partial charge < -0.3 is 23.1 Å². The molecule has 4 unspecified atom stereocenters. The zero-order chi connectivity index (χ0) is 26.1. The Kier molecular flexibility index (Phi) is 6.73. The Morgan fingerprint density at radius 1 is 0.943 bits per heavy atom. The molecule has 0 saturated carbocycles. The lowest BCUT2D eigenvalue weighted by molar-refractivity contribution is -0.0348. The summed E-state index contributed by atoms with van der Waals surface area (Å²) in [5, 5.41) is 0. The van der Waals surface area contributed by atoms with Crippen molar-refractivity contribution in [2.75, 3.05) is 16.2 Å². The van der Waals surface area contributed by atoms with Crippen LogP contribution in [-0.2, 0) is 13.6 Å². The zero-order valence-electron chi connectivity index (χ0n) is 23.6. The lowest BCUT2D eigenvalue weighted by Gasteiger charge is -2.40. The number of anilines is 2. The van der Waals surface area contributed by atoms with E-state index in [1.807, 2.05) is 0 Å². The van der Waals surface area contributed by atoms with Crippen LogP contribution in [0, 0.1) is 0 Å². The molecule has 0 aliphatic carbocycles. The van der Waals surface area contributed by atoms with Crippen molar-refractivity contribution in [1.82, 2.24) is 19.5 Å². The van der Waals surface area contributed by atoms with Gasteiger partial charge in [-0.25, -0.2) is 15.0 Å². The van der Waals surface area contributed by atoms with Crippen molar-refractivity contribution in [2.45, 2.75) is 103 Å². The van der Waals surface area contributed by atoms with Crippen molar-refractivity contribution in [1.29, 1.82) is 0 Å². The Morgan fingerprint density at radius 2 is 1.60 bits per heavy atom. The number of hydrogen-bond donors (Lipinski definition) is 1. The summed E-state index contributed by atoms with van der Waals surface area (Å²) < 4.78 is 24.8. The summed E-state index contributed by atoms with van der Waals surface area (Å²) in [6, 6.07) is 0.0545. The Bertz CT molecular complexity index is 1090. The first-order chi connectivity index (χ1) is 15.9. The largest absolute Gasteiger partial charge is 0.415 e. The van der Waals surface area contributed by atoms with Gasteiger partial charge in [0.1, 0.15) is 26.5 Å². The van der Waals surface area contributed by atoms with E-state index < -0.39 is 33.1 Å². The van der Waals surface area contributed by atoms with E-state index in [9.17, 15) is 0 Å². The van der Waals surface area contributed by atoms with Crippen LogP contribution in [0.15, 0.2) is 6.33 Å². The molecule has 4 rings (SSSR count). The molecule has 9 nitrogen and oxygen atoms in total. The Morgan fingerprint density at radius 3 is 2.14 bits per heavy atom. The van der Waals surface area contributed by atoms with Crippen LogP contribution >= 0.6 is 0 Å². The lowest BCUT2D eigenvalue weighted by Crippen LogP contribution is -2.57. The minimum absolute atomic E-state index is 0.0545. The van der Waals surface area contributed by atoms with Gasteiger partial charge in [-0.05, 0) is 39.3 Å². The molecule has 2 aromatic heterocycles. The summed E-state index contributed by atoms with van der Waals surface area (Å²) in [6.07, 6.45) is 1.22. The summed E-state index contributed by atoms with van der Waals surface area (Å²) in [5.74, 6) is 1.75. The Balaban J connectivity index is 1.83. The quantitative estimate of drug-likeness (QED) is 0.455. The van der Waals surface area contributed by atoms with Gasteiger partial charge in [0.05, 0.1) is 18.8 Å². The minimum Gasteiger partial charge on any atom is -0.415 e. The fourth-order valence-electron chi connectivity index (χ4n) is 4.86. The normalized spacial score (nSPS) is 25.3. The van der Waals surface area contributed by atoms with E-state index in [0.717, 1.165) is 22.9 Å². The SMILES string of the molecule is C[Si](C)(C)Nc1ncnc2c1nc1n2C2OC(CO[Si](C)(C)C)C(O[Si](C)(C)C)C2N1[Si](C)(C)C. The van der Waals surface area contributed by atoms with Gasteiger partial charge in [0, 0.05) is 0 Å². The first-order valence-corrected chi connectivity index (χ1v) is 26.4. The van der Waals surface area contributed by atoms with E-state index in [1.54, 1.807) is 6.33 Å². The van der Waals surface area contributed by atoms with E-state index in [1.165, 1.54) is 0 Å². The number of rotatable bonds is 8. The highest BCUT2D eigenvalue weighted by molar-refractivity contribution is 6.80. The molecule has 2 aliphatic rings. The number of fused-ring (bicyclic) bond motifs is 5. The molecule has 1 N–H and O–H groups in total. The van der Waals surface area contributed by atoms with Gasteiger partial charge in [-0.2, -0.15) is 0 Å². The average molecular weight is 553 g/mol. The zero-order valence-corrected chi connectivity index (χ0v) is 27.6. The number of ether oxygens (including phenoxy) is 1. The predicted octanol–water partition coefficient (Wildman–Crippen LogP) is 5.07. The molecule has 0 amide bonds. The summed E-state index contributed by atoms with van der Waals surface area (Å²) in [6.45, 7) is 27.8. The fraction of sp³-hybridized carbons (Fsp3) is 0.773. The second-order valence-electron chi connectivity index (χ2n) is 13.8. The minimum atomic E-state index is -1.88. The smallest absolute Gasteiger partial charge is 0.202 e. The number of nitrogens with zero attached hydrogens (tertiary/aromatic N) is 5. The summed E-state index contributed by atoms with van der Waals surface area (Å²) in [5.41, 5.74) is 1.64. The van der Waals surface area contributed by atoms with Crippen LogP contribution in [-0.4, -0.2) is 77.5 Å². The van der Waals surface area contributed by atoms with Crippen LogP contribution in [0.5, 0.6) is 0 Å². The van der Waals surface area contributed by atoms with E-state index in [-0.39, 0.29) is 24.5 Å². The fourth-order valence-corrected chi connectivity index (χ4v) is 9.45. The van der Waals surface area contributed by atoms with E-state index in [4.69, 9.17) is 23.6 Å². The van der Waals surface area contributed by atoms with Gasteiger partial charge >= 0.3 is 0 Å². The summed E-state index contributed by atoms with van der Waals surface area (Å²) >= 11 is 0. The van der Waals surface area contributed by atoms with Gasteiger partial charge in [-0.15, -0.1) is 0 Å². The third-order valence-corrected chi connectivity index (χ3v) is 10.9. The van der Waals surface area contributed by atoms with E-state index in [2.05, 4.69) is 97.7 Å². The van der Waals surface area contributed by atoms with Crippen molar-refractivity contribution >= 4 is 56.0 Å². The first-order valence-electron chi connectivity index (χ1n) is 12.6. The second kappa shape index (κ2) is 8.74. The van der Waals surface area contributed by atoms with Crippen LogP contribution in [0.3, 0.4) is 0 Å². The highest BCUT2D eigenvalue weighted by atomic mass is 28.4. The highest BCUT2D eigenvalue weighted by Gasteiger charge is 2.58. The maximum Gasteiger partial charge on any atom is 0.202 e. The molecule has 1 fully saturated rings.